The van der Waals surface area contributed by atoms with Crippen LogP contribution in [0.25, 0.3) is 0 Å². The van der Waals surface area contributed by atoms with Crippen molar-refractivity contribution in [1.29, 1.82) is 0 Å². The molecule has 1 rings (SSSR count). The lowest BCUT2D eigenvalue weighted by molar-refractivity contribution is 0.00505. The molecule has 0 aliphatic heterocycles. The van der Waals surface area contributed by atoms with Crippen molar-refractivity contribution in [3.05, 3.63) is 17.5 Å². The van der Waals surface area contributed by atoms with Gasteiger partial charge in [0, 0.05) is 13.5 Å². The van der Waals surface area contributed by atoms with Gasteiger partial charge in [-0.2, -0.15) is 4.98 Å². The highest BCUT2D eigenvalue weighted by atomic mass is 35.5. The predicted molar refractivity (Wildman–Crippen MR) is 58.2 cm³/mol. The van der Waals surface area contributed by atoms with Crippen LogP contribution in [0, 0.1) is 0 Å². The zero-order valence-corrected chi connectivity index (χ0v) is 9.91. The Hall–Kier alpha value is -0.870. The first kappa shape index (κ1) is 12.2. The molecular formula is C10H15ClN2O2. The molecule has 1 aromatic rings. The lowest BCUT2D eigenvalue weighted by Gasteiger charge is -2.22. The van der Waals surface area contributed by atoms with Gasteiger partial charge in [0.1, 0.15) is 0 Å². The van der Waals surface area contributed by atoms with Gasteiger partial charge in [0.2, 0.25) is 5.88 Å². The van der Waals surface area contributed by atoms with E-state index >= 15 is 0 Å². The van der Waals surface area contributed by atoms with E-state index in [9.17, 15) is 0 Å². The average molecular weight is 231 g/mol. The first-order valence-corrected chi connectivity index (χ1v) is 5.07. The molecule has 5 heteroatoms. The molecule has 1 heterocycles. The van der Waals surface area contributed by atoms with Crippen molar-refractivity contribution in [3.8, 4) is 5.88 Å². The molecule has 0 spiro atoms. The van der Waals surface area contributed by atoms with Crippen LogP contribution in [0.2, 0.25) is 5.15 Å². The smallest absolute Gasteiger partial charge is 0.233 e. The highest BCUT2D eigenvalue weighted by Gasteiger charge is 2.16. The summed E-state index contributed by atoms with van der Waals surface area (Å²) in [5.41, 5.74) is -0.188. The minimum atomic E-state index is -0.188. The Bertz CT molecular complexity index is 318. The summed E-state index contributed by atoms with van der Waals surface area (Å²) in [6.45, 7) is 4.52. The van der Waals surface area contributed by atoms with Crippen molar-refractivity contribution in [1.82, 2.24) is 9.97 Å². The number of aromatic nitrogens is 2. The summed E-state index contributed by atoms with van der Waals surface area (Å²) in [7, 11) is 1.68. The first-order chi connectivity index (χ1) is 7.03. The van der Waals surface area contributed by atoms with E-state index in [1.807, 2.05) is 13.8 Å². The number of hydrogen-bond acceptors (Lipinski definition) is 4. The van der Waals surface area contributed by atoms with Crippen molar-refractivity contribution in [2.45, 2.75) is 25.9 Å². The van der Waals surface area contributed by atoms with Gasteiger partial charge < -0.3 is 9.47 Å². The lowest BCUT2D eigenvalue weighted by Crippen LogP contribution is -2.25. The van der Waals surface area contributed by atoms with Crippen LogP contribution < -0.4 is 4.74 Å². The summed E-state index contributed by atoms with van der Waals surface area (Å²) < 4.78 is 10.6. The molecule has 0 fully saturated rings. The molecule has 0 amide bonds. The van der Waals surface area contributed by atoms with Gasteiger partial charge in [-0.1, -0.05) is 11.6 Å². The Kier molecular flexibility index (Phi) is 4.29. The van der Waals surface area contributed by atoms with Crippen molar-refractivity contribution in [3.63, 3.8) is 0 Å². The third kappa shape index (κ3) is 4.44. The van der Waals surface area contributed by atoms with E-state index in [4.69, 9.17) is 21.1 Å². The van der Waals surface area contributed by atoms with E-state index in [2.05, 4.69) is 9.97 Å². The van der Waals surface area contributed by atoms with Crippen LogP contribution in [0.3, 0.4) is 0 Å². The largest absolute Gasteiger partial charge is 0.476 e. The molecule has 0 aliphatic carbocycles. The molecule has 4 nitrogen and oxygen atoms in total. The Morgan fingerprint density at radius 1 is 1.40 bits per heavy atom. The molecule has 15 heavy (non-hydrogen) atoms. The number of nitrogens with zero attached hydrogens (tertiary/aromatic N) is 2. The van der Waals surface area contributed by atoms with Crippen LogP contribution in [0.15, 0.2) is 12.4 Å². The second-order valence-corrected chi connectivity index (χ2v) is 4.13. The Morgan fingerprint density at radius 3 is 2.73 bits per heavy atom. The third-order valence-corrected chi connectivity index (χ3v) is 2.27. The van der Waals surface area contributed by atoms with Gasteiger partial charge in [-0.05, 0) is 13.8 Å². The number of methoxy groups -OCH3 is 1. The maximum absolute atomic E-state index is 5.66. The average Bonchev–Trinajstić information content (AvgIpc) is 2.18. The molecule has 0 N–H and O–H groups in total. The Labute approximate surface area is 94.6 Å². The maximum atomic E-state index is 5.66. The molecular weight excluding hydrogens is 216 g/mol. The second-order valence-electron chi connectivity index (χ2n) is 3.74. The number of hydrogen-bond donors (Lipinski definition) is 0. The first-order valence-electron chi connectivity index (χ1n) is 4.69. The van der Waals surface area contributed by atoms with Gasteiger partial charge in [0.15, 0.2) is 5.15 Å². The van der Waals surface area contributed by atoms with Crippen molar-refractivity contribution >= 4 is 11.6 Å². The topological polar surface area (TPSA) is 44.2 Å². The molecule has 0 radical (unpaired) electrons. The van der Waals surface area contributed by atoms with E-state index in [0.717, 1.165) is 6.42 Å². The van der Waals surface area contributed by atoms with Crippen molar-refractivity contribution < 1.29 is 9.47 Å². The van der Waals surface area contributed by atoms with Crippen LogP contribution in [0.4, 0.5) is 0 Å². The minimum absolute atomic E-state index is 0.188. The molecule has 0 unspecified atom stereocenters. The molecule has 0 saturated heterocycles. The summed E-state index contributed by atoms with van der Waals surface area (Å²) >= 11 is 5.66. The third-order valence-electron chi connectivity index (χ3n) is 2.09. The van der Waals surface area contributed by atoms with Crippen LogP contribution in [-0.2, 0) is 4.74 Å². The normalized spacial score (nSPS) is 11.5. The van der Waals surface area contributed by atoms with Crippen molar-refractivity contribution in [2.24, 2.45) is 0 Å². The lowest BCUT2D eigenvalue weighted by atomic mass is 10.1. The van der Waals surface area contributed by atoms with E-state index in [1.165, 1.54) is 12.4 Å². The molecule has 0 saturated carbocycles. The second kappa shape index (κ2) is 5.28. The summed E-state index contributed by atoms with van der Waals surface area (Å²) in [6.07, 6.45) is 3.77. The fourth-order valence-electron chi connectivity index (χ4n) is 0.899. The zero-order valence-electron chi connectivity index (χ0n) is 9.16. The standard InChI is InChI=1S/C10H15ClN2O2/c1-10(2,14-3)4-5-15-9-7-12-6-8(11)13-9/h6-7H,4-5H2,1-3H3. The van der Waals surface area contributed by atoms with Gasteiger partial charge in [0.05, 0.1) is 24.6 Å². The van der Waals surface area contributed by atoms with Crippen molar-refractivity contribution in [2.75, 3.05) is 13.7 Å². The SMILES string of the molecule is COC(C)(C)CCOc1cncc(Cl)n1. The van der Waals surface area contributed by atoms with Crippen LogP contribution in [0.5, 0.6) is 5.88 Å². The molecule has 0 atom stereocenters. The highest BCUT2D eigenvalue weighted by Crippen LogP contribution is 2.14. The van der Waals surface area contributed by atoms with Gasteiger partial charge in [-0.3, -0.25) is 4.98 Å². The molecule has 1 aromatic heterocycles. The summed E-state index contributed by atoms with van der Waals surface area (Å²) in [4.78, 5) is 7.83. The molecule has 0 aliphatic rings. The number of rotatable bonds is 5. The van der Waals surface area contributed by atoms with Gasteiger partial charge in [-0.15, -0.1) is 0 Å². The Balaban J connectivity index is 2.38. The Morgan fingerprint density at radius 2 is 2.13 bits per heavy atom. The maximum Gasteiger partial charge on any atom is 0.233 e. The quantitative estimate of drug-likeness (QED) is 0.779. The number of ether oxygens (including phenoxy) is 2. The van der Waals surface area contributed by atoms with Crippen LogP contribution >= 0.6 is 11.6 Å². The fourth-order valence-corrected chi connectivity index (χ4v) is 1.04. The summed E-state index contributed by atoms with van der Waals surface area (Å²) in [6, 6.07) is 0. The summed E-state index contributed by atoms with van der Waals surface area (Å²) in [5, 5.41) is 0.332. The minimum Gasteiger partial charge on any atom is -0.476 e. The predicted octanol–water partition coefficient (Wildman–Crippen LogP) is 2.32. The van der Waals surface area contributed by atoms with E-state index in [-0.39, 0.29) is 5.60 Å². The van der Waals surface area contributed by atoms with E-state index in [0.29, 0.717) is 17.6 Å². The van der Waals surface area contributed by atoms with Gasteiger partial charge in [-0.25, -0.2) is 0 Å². The van der Waals surface area contributed by atoms with Gasteiger partial charge >= 0.3 is 0 Å². The zero-order chi connectivity index (χ0) is 11.3. The van der Waals surface area contributed by atoms with Crippen LogP contribution in [0.1, 0.15) is 20.3 Å². The van der Waals surface area contributed by atoms with E-state index < -0.39 is 0 Å². The molecule has 0 aromatic carbocycles. The van der Waals surface area contributed by atoms with Gasteiger partial charge in [0.25, 0.3) is 0 Å². The van der Waals surface area contributed by atoms with Crippen LogP contribution in [-0.4, -0.2) is 29.3 Å². The monoisotopic (exact) mass is 230 g/mol. The summed E-state index contributed by atoms with van der Waals surface area (Å²) in [5.74, 6) is 0.439. The fraction of sp³-hybridized carbons (Fsp3) is 0.600. The number of halogens is 1. The van der Waals surface area contributed by atoms with E-state index in [1.54, 1.807) is 7.11 Å². The molecule has 0 bridgehead atoms. The highest BCUT2D eigenvalue weighted by molar-refractivity contribution is 6.29. The molecule has 84 valence electrons.